The molecule has 1 aromatic rings. The fourth-order valence-corrected chi connectivity index (χ4v) is 3.89. The summed E-state index contributed by atoms with van der Waals surface area (Å²) in [6.45, 7) is 11.9. The third-order valence-corrected chi connectivity index (χ3v) is 5.64. The molecule has 22 heavy (non-hydrogen) atoms. The van der Waals surface area contributed by atoms with Gasteiger partial charge in [0.05, 0.1) is 11.4 Å². The predicted molar refractivity (Wildman–Crippen MR) is 96.6 cm³/mol. The molecule has 0 aliphatic carbocycles. The largest absolute Gasteiger partial charge is 0.301 e. The van der Waals surface area contributed by atoms with Gasteiger partial charge in [0.15, 0.2) is 5.13 Å². The van der Waals surface area contributed by atoms with Crippen molar-refractivity contribution in [1.29, 1.82) is 0 Å². The van der Waals surface area contributed by atoms with E-state index in [1.54, 1.807) is 11.8 Å². The van der Waals surface area contributed by atoms with Gasteiger partial charge in [0.1, 0.15) is 0 Å². The number of amides is 1. The van der Waals surface area contributed by atoms with Crippen LogP contribution in [-0.2, 0) is 11.3 Å². The molecule has 1 saturated heterocycles. The summed E-state index contributed by atoms with van der Waals surface area (Å²) in [4.78, 5) is 18.9. The zero-order valence-corrected chi connectivity index (χ0v) is 15.6. The Morgan fingerprint density at radius 2 is 2.32 bits per heavy atom. The fraction of sp³-hybridized carbons (Fsp3) is 0.750. The van der Waals surface area contributed by atoms with E-state index in [0.29, 0.717) is 5.75 Å². The zero-order valence-electron chi connectivity index (χ0n) is 14.0. The van der Waals surface area contributed by atoms with Crippen molar-refractivity contribution in [1.82, 2.24) is 9.88 Å². The number of nitrogens with zero attached hydrogens (tertiary/aromatic N) is 2. The first kappa shape index (κ1) is 17.8. The summed E-state index contributed by atoms with van der Waals surface area (Å²) >= 11 is 3.17. The van der Waals surface area contributed by atoms with Gasteiger partial charge in [0.25, 0.3) is 0 Å². The quantitative estimate of drug-likeness (QED) is 0.884. The number of carbonyl (C=O) groups excluding carboxylic acids is 1. The number of hydrogen-bond acceptors (Lipinski definition) is 5. The average molecular weight is 342 g/mol. The molecule has 0 spiro atoms. The molecule has 1 aliphatic heterocycles. The maximum absolute atomic E-state index is 11.9. The molecule has 4 nitrogen and oxygen atoms in total. The molecule has 2 heterocycles. The maximum atomic E-state index is 11.9. The molecule has 2 rings (SSSR count). The van der Waals surface area contributed by atoms with Gasteiger partial charge in [0, 0.05) is 23.2 Å². The minimum absolute atomic E-state index is 0.0346. The number of carbonyl (C=O) groups is 1. The number of aromatic nitrogens is 1. The number of anilines is 1. The number of hydrogen-bond donors (Lipinski definition) is 1. The van der Waals surface area contributed by atoms with E-state index in [0.717, 1.165) is 36.4 Å². The van der Waals surface area contributed by atoms with E-state index in [2.05, 4.69) is 48.3 Å². The zero-order chi connectivity index (χ0) is 16.2. The van der Waals surface area contributed by atoms with Gasteiger partial charge in [-0.15, -0.1) is 23.1 Å². The lowest BCUT2D eigenvalue weighted by Crippen LogP contribution is -2.33. The van der Waals surface area contributed by atoms with Gasteiger partial charge in [0.2, 0.25) is 5.91 Å². The van der Waals surface area contributed by atoms with Crippen LogP contribution in [0.15, 0.2) is 5.38 Å². The minimum Gasteiger partial charge on any atom is -0.301 e. The lowest BCUT2D eigenvalue weighted by atomic mass is 10.0. The van der Waals surface area contributed by atoms with E-state index in [1.807, 2.05) is 0 Å². The van der Waals surface area contributed by atoms with Gasteiger partial charge >= 0.3 is 0 Å². The lowest BCUT2D eigenvalue weighted by molar-refractivity contribution is -0.113. The van der Waals surface area contributed by atoms with Crippen LogP contribution in [0, 0.1) is 5.92 Å². The molecule has 0 saturated carbocycles. The van der Waals surface area contributed by atoms with Crippen LogP contribution in [0.1, 0.15) is 46.2 Å². The van der Waals surface area contributed by atoms with Gasteiger partial charge < -0.3 is 5.32 Å². The summed E-state index contributed by atoms with van der Waals surface area (Å²) in [5.41, 5.74) is 1.07. The van der Waals surface area contributed by atoms with Crippen molar-refractivity contribution in [2.24, 2.45) is 5.92 Å². The summed E-state index contributed by atoms with van der Waals surface area (Å²) in [6, 6.07) is 0. The van der Waals surface area contributed by atoms with Crippen LogP contribution in [0.5, 0.6) is 0 Å². The number of rotatable bonds is 5. The smallest absolute Gasteiger partial charge is 0.236 e. The number of piperidine rings is 1. The normalized spacial score (nSPS) is 20.1. The molecule has 1 aliphatic rings. The second-order valence-corrected chi connectivity index (χ2v) is 9.74. The van der Waals surface area contributed by atoms with Crippen molar-refractivity contribution in [2.75, 3.05) is 24.2 Å². The Labute approximate surface area is 142 Å². The van der Waals surface area contributed by atoms with Crippen LogP contribution >= 0.6 is 23.1 Å². The Balaban J connectivity index is 1.79. The summed E-state index contributed by atoms with van der Waals surface area (Å²) in [5, 5.41) is 5.69. The summed E-state index contributed by atoms with van der Waals surface area (Å²) in [5.74, 6) is 1.29. The molecule has 1 amide bonds. The number of thiazole rings is 1. The summed E-state index contributed by atoms with van der Waals surface area (Å²) in [6.07, 6.45) is 2.61. The molecule has 0 radical (unpaired) electrons. The monoisotopic (exact) mass is 341 g/mol. The topological polar surface area (TPSA) is 45.2 Å². The molecule has 1 unspecified atom stereocenters. The summed E-state index contributed by atoms with van der Waals surface area (Å²) in [7, 11) is 0. The van der Waals surface area contributed by atoms with E-state index in [-0.39, 0.29) is 10.7 Å². The van der Waals surface area contributed by atoms with Crippen molar-refractivity contribution in [3.63, 3.8) is 0 Å². The van der Waals surface area contributed by atoms with Crippen LogP contribution in [-0.4, -0.2) is 39.4 Å². The number of likely N-dealkylation sites (tertiary alicyclic amines) is 1. The molecule has 6 heteroatoms. The standard InChI is InChI=1S/C16H27N3OS2/c1-12-6-5-7-19(8-12)9-13-10-21-15(17-13)18-14(20)11-22-16(2,3)4/h10,12H,5-9,11H2,1-4H3,(H,17,18,20). The van der Waals surface area contributed by atoms with E-state index in [1.165, 1.54) is 24.2 Å². The van der Waals surface area contributed by atoms with Crippen molar-refractivity contribution in [3.05, 3.63) is 11.1 Å². The van der Waals surface area contributed by atoms with Gasteiger partial charge in [-0.25, -0.2) is 4.98 Å². The average Bonchev–Trinajstić information content (AvgIpc) is 2.83. The van der Waals surface area contributed by atoms with Crippen molar-refractivity contribution >= 4 is 34.1 Å². The van der Waals surface area contributed by atoms with E-state index < -0.39 is 0 Å². The first-order valence-electron chi connectivity index (χ1n) is 7.92. The molecule has 1 aromatic heterocycles. The van der Waals surface area contributed by atoms with Gasteiger partial charge in [-0.1, -0.05) is 27.7 Å². The Kier molecular flexibility index (Phi) is 6.29. The van der Waals surface area contributed by atoms with Gasteiger partial charge in [-0.05, 0) is 25.3 Å². The predicted octanol–water partition coefficient (Wildman–Crippen LogP) is 3.85. The molecule has 0 bridgehead atoms. The van der Waals surface area contributed by atoms with Crippen molar-refractivity contribution in [3.8, 4) is 0 Å². The first-order valence-corrected chi connectivity index (χ1v) is 9.79. The Hall–Kier alpha value is -0.590. The van der Waals surface area contributed by atoms with Gasteiger partial charge in [-0.2, -0.15) is 0 Å². The molecule has 1 atom stereocenters. The Morgan fingerprint density at radius 3 is 3.00 bits per heavy atom. The number of nitrogens with one attached hydrogen (secondary N) is 1. The van der Waals surface area contributed by atoms with Crippen LogP contribution in [0.2, 0.25) is 0 Å². The van der Waals surface area contributed by atoms with Gasteiger partial charge in [-0.3, -0.25) is 9.69 Å². The van der Waals surface area contributed by atoms with Crippen LogP contribution in [0.3, 0.4) is 0 Å². The Morgan fingerprint density at radius 1 is 1.55 bits per heavy atom. The molecular weight excluding hydrogens is 314 g/mol. The SMILES string of the molecule is CC1CCCN(Cc2csc(NC(=O)CSC(C)(C)C)n2)C1. The highest BCUT2D eigenvalue weighted by atomic mass is 32.2. The summed E-state index contributed by atoms with van der Waals surface area (Å²) < 4.78 is 0.107. The Bertz CT molecular complexity index is 496. The highest BCUT2D eigenvalue weighted by Gasteiger charge is 2.18. The molecular formula is C16H27N3OS2. The second kappa shape index (κ2) is 7.79. The lowest BCUT2D eigenvalue weighted by Gasteiger charge is -2.30. The highest BCUT2D eigenvalue weighted by Crippen LogP contribution is 2.24. The highest BCUT2D eigenvalue weighted by molar-refractivity contribution is 8.01. The third kappa shape index (κ3) is 6.26. The molecule has 1 fully saturated rings. The minimum atomic E-state index is 0.0346. The van der Waals surface area contributed by atoms with E-state index in [9.17, 15) is 4.79 Å². The van der Waals surface area contributed by atoms with Crippen molar-refractivity contribution in [2.45, 2.75) is 51.8 Å². The second-order valence-electron chi connectivity index (χ2n) is 7.08. The van der Waals surface area contributed by atoms with Crippen LogP contribution in [0.25, 0.3) is 0 Å². The first-order chi connectivity index (χ1) is 10.3. The third-order valence-electron chi connectivity index (χ3n) is 3.56. The van der Waals surface area contributed by atoms with Crippen LogP contribution < -0.4 is 5.32 Å². The van der Waals surface area contributed by atoms with Crippen LogP contribution in [0.4, 0.5) is 5.13 Å². The maximum Gasteiger partial charge on any atom is 0.236 e. The van der Waals surface area contributed by atoms with E-state index >= 15 is 0 Å². The fourth-order valence-electron chi connectivity index (χ4n) is 2.53. The number of thioether (sulfide) groups is 1. The molecule has 124 valence electrons. The van der Waals surface area contributed by atoms with E-state index in [4.69, 9.17) is 0 Å². The molecule has 1 N–H and O–H groups in total. The van der Waals surface area contributed by atoms with Crippen molar-refractivity contribution < 1.29 is 4.79 Å². The molecule has 0 aromatic carbocycles.